The van der Waals surface area contributed by atoms with Crippen LogP contribution in [0.3, 0.4) is 0 Å². The lowest BCUT2D eigenvalue weighted by atomic mass is 10.1. The number of carbonyl (C=O) groups excluding carboxylic acids is 2. The summed E-state index contributed by atoms with van der Waals surface area (Å²) in [5.41, 5.74) is 1.74. The summed E-state index contributed by atoms with van der Waals surface area (Å²) in [6, 6.07) is 11.6. The van der Waals surface area contributed by atoms with Crippen LogP contribution >= 0.6 is 0 Å². The summed E-state index contributed by atoms with van der Waals surface area (Å²) in [6.45, 7) is 3.00. The first-order chi connectivity index (χ1) is 11.1. The van der Waals surface area contributed by atoms with E-state index in [1.807, 2.05) is 23.1 Å². The Morgan fingerprint density at radius 2 is 2.09 bits per heavy atom. The molecule has 120 valence electrons. The fraction of sp³-hybridized carbons (Fsp3) is 0.333. The number of carbonyl (C=O) groups is 2. The first-order valence-electron chi connectivity index (χ1n) is 7.80. The van der Waals surface area contributed by atoms with Gasteiger partial charge >= 0.3 is 0 Å². The number of nitrogens with one attached hydrogen (secondary N) is 1. The molecular weight excluding hydrogens is 292 g/mol. The highest BCUT2D eigenvalue weighted by molar-refractivity contribution is 5.95. The Bertz CT molecular complexity index is 693. The molecule has 1 atom stereocenters. The van der Waals surface area contributed by atoms with Crippen molar-refractivity contribution in [2.24, 2.45) is 0 Å². The van der Waals surface area contributed by atoms with Gasteiger partial charge in [-0.15, -0.1) is 0 Å². The van der Waals surface area contributed by atoms with E-state index < -0.39 is 0 Å². The molecule has 1 fully saturated rings. The molecule has 0 unspecified atom stereocenters. The number of hydrogen-bond acceptors (Lipinski definition) is 3. The van der Waals surface area contributed by atoms with Crippen LogP contribution in [0.4, 0.5) is 0 Å². The van der Waals surface area contributed by atoms with Gasteiger partial charge in [0.2, 0.25) is 5.91 Å². The smallest absolute Gasteiger partial charge is 0.255 e. The van der Waals surface area contributed by atoms with Gasteiger partial charge in [-0.2, -0.15) is 0 Å². The Labute approximate surface area is 135 Å². The minimum Gasteiger partial charge on any atom is -0.469 e. The van der Waals surface area contributed by atoms with Gasteiger partial charge in [0.05, 0.1) is 17.9 Å². The second-order valence-corrected chi connectivity index (χ2v) is 5.84. The van der Waals surface area contributed by atoms with Crippen molar-refractivity contribution in [1.29, 1.82) is 0 Å². The first kappa shape index (κ1) is 15.3. The molecule has 1 N–H and O–H groups in total. The molecule has 1 aliphatic heterocycles. The predicted octanol–water partition coefficient (Wildman–Crippen LogP) is 2.16. The molecule has 5 nitrogen and oxygen atoms in total. The van der Waals surface area contributed by atoms with E-state index in [4.69, 9.17) is 4.42 Å². The van der Waals surface area contributed by atoms with Crippen LogP contribution in [0.2, 0.25) is 0 Å². The fourth-order valence-electron chi connectivity index (χ4n) is 2.88. The van der Waals surface area contributed by atoms with E-state index in [1.165, 1.54) is 11.8 Å². The van der Waals surface area contributed by atoms with Crippen molar-refractivity contribution >= 4 is 11.8 Å². The number of nitrogens with zero attached hydrogens (tertiary/aromatic N) is 1. The SMILES string of the molecule is Cc1occc1C(=O)N[C@@H]1CC(=O)N(CCc2ccccc2)C1. The number of furan rings is 1. The molecule has 1 aromatic heterocycles. The van der Waals surface area contributed by atoms with Crippen LogP contribution in [0.15, 0.2) is 47.1 Å². The second kappa shape index (κ2) is 6.69. The molecular formula is C18H20N2O3. The van der Waals surface area contributed by atoms with Crippen LogP contribution in [-0.4, -0.2) is 35.8 Å². The highest BCUT2D eigenvalue weighted by Gasteiger charge is 2.30. The molecule has 0 saturated carbocycles. The van der Waals surface area contributed by atoms with E-state index in [0.717, 1.165) is 6.42 Å². The van der Waals surface area contributed by atoms with E-state index in [-0.39, 0.29) is 17.9 Å². The Hall–Kier alpha value is -2.56. The van der Waals surface area contributed by atoms with Crippen molar-refractivity contribution in [3.8, 4) is 0 Å². The predicted molar refractivity (Wildman–Crippen MR) is 86.0 cm³/mol. The summed E-state index contributed by atoms with van der Waals surface area (Å²) < 4.78 is 5.14. The quantitative estimate of drug-likeness (QED) is 0.920. The van der Waals surface area contributed by atoms with Gasteiger partial charge in [-0.3, -0.25) is 9.59 Å². The summed E-state index contributed by atoms with van der Waals surface area (Å²) in [6.07, 6.45) is 2.68. The normalized spacial score (nSPS) is 17.5. The third-order valence-corrected chi connectivity index (χ3v) is 4.17. The van der Waals surface area contributed by atoms with Crippen LogP contribution in [0.1, 0.15) is 28.1 Å². The van der Waals surface area contributed by atoms with Gasteiger partial charge in [0, 0.05) is 19.5 Å². The molecule has 5 heteroatoms. The monoisotopic (exact) mass is 312 g/mol. The summed E-state index contributed by atoms with van der Waals surface area (Å²) >= 11 is 0. The highest BCUT2D eigenvalue weighted by Crippen LogP contribution is 2.14. The van der Waals surface area contributed by atoms with Crippen LogP contribution in [0.25, 0.3) is 0 Å². The van der Waals surface area contributed by atoms with E-state index >= 15 is 0 Å². The molecule has 1 aromatic carbocycles. The topological polar surface area (TPSA) is 62.6 Å². The van der Waals surface area contributed by atoms with E-state index in [1.54, 1.807) is 13.0 Å². The van der Waals surface area contributed by atoms with Gasteiger partial charge in [0.1, 0.15) is 5.76 Å². The number of amides is 2. The maximum Gasteiger partial charge on any atom is 0.255 e. The third kappa shape index (κ3) is 3.62. The number of benzene rings is 1. The van der Waals surface area contributed by atoms with Gasteiger partial charge < -0.3 is 14.6 Å². The molecule has 1 aliphatic rings. The number of rotatable bonds is 5. The molecule has 0 spiro atoms. The number of likely N-dealkylation sites (tertiary alicyclic amines) is 1. The first-order valence-corrected chi connectivity index (χ1v) is 7.80. The van der Waals surface area contributed by atoms with E-state index in [2.05, 4.69) is 17.4 Å². The molecule has 2 heterocycles. The van der Waals surface area contributed by atoms with Gasteiger partial charge in [-0.25, -0.2) is 0 Å². The number of aryl methyl sites for hydroxylation is 1. The molecule has 1 saturated heterocycles. The van der Waals surface area contributed by atoms with Gasteiger partial charge in [-0.1, -0.05) is 30.3 Å². The van der Waals surface area contributed by atoms with Crippen molar-refractivity contribution < 1.29 is 14.0 Å². The largest absolute Gasteiger partial charge is 0.469 e. The lowest BCUT2D eigenvalue weighted by Gasteiger charge is -2.17. The molecule has 0 bridgehead atoms. The van der Waals surface area contributed by atoms with Crippen LogP contribution in [0.5, 0.6) is 0 Å². The zero-order valence-corrected chi connectivity index (χ0v) is 13.1. The molecule has 2 aromatic rings. The van der Waals surface area contributed by atoms with Gasteiger partial charge in [0.15, 0.2) is 0 Å². The highest BCUT2D eigenvalue weighted by atomic mass is 16.3. The Kier molecular flexibility index (Phi) is 4.46. The van der Waals surface area contributed by atoms with Crippen molar-refractivity contribution in [2.45, 2.75) is 25.8 Å². The van der Waals surface area contributed by atoms with Crippen molar-refractivity contribution in [1.82, 2.24) is 10.2 Å². The van der Waals surface area contributed by atoms with Gasteiger partial charge in [-0.05, 0) is 25.0 Å². The summed E-state index contributed by atoms with van der Waals surface area (Å²) in [7, 11) is 0. The third-order valence-electron chi connectivity index (χ3n) is 4.17. The van der Waals surface area contributed by atoms with Crippen molar-refractivity contribution in [2.75, 3.05) is 13.1 Å². The van der Waals surface area contributed by atoms with Crippen LogP contribution in [0, 0.1) is 6.92 Å². The van der Waals surface area contributed by atoms with E-state index in [9.17, 15) is 9.59 Å². The molecule has 3 rings (SSSR count). The standard InChI is InChI=1S/C18H20N2O3/c1-13-16(8-10-23-13)18(22)19-15-11-17(21)20(12-15)9-7-14-5-3-2-4-6-14/h2-6,8,10,15H,7,9,11-12H2,1H3,(H,19,22)/t15-/m1/s1. The van der Waals surface area contributed by atoms with Crippen molar-refractivity contribution in [3.05, 3.63) is 59.5 Å². The fourth-order valence-corrected chi connectivity index (χ4v) is 2.88. The average molecular weight is 312 g/mol. The molecule has 0 radical (unpaired) electrons. The van der Waals surface area contributed by atoms with Crippen molar-refractivity contribution in [3.63, 3.8) is 0 Å². The Morgan fingerprint density at radius 1 is 1.30 bits per heavy atom. The Balaban J connectivity index is 1.53. The lowest BCUT2D eigenvalue weighted by Crippen LogP contribution is -2.37. The zero-order chi connectivity index (χ0) is 16.2. The maximum absolute atomic E-state index is 12.2. The lowest BCUT2D eigenvalue weighted by molar-refractivity contribution is -0.127. The molecule has 23 heavy (non-hydrogen) atoms. The minimum atomic E-state index is -0.182. The second-order valence-electron chi connectivity index (χ2n) is 5.84. The Morgan fingerprint density at radius 3 is 2.78 bits per heavy atom. The average Bonchev–Trinajstić information content (AvgIpc) is 3.12. The molecule has 2 amide bonds. The van der Waals surface area contributed by atoms with E-state index in [0.29, 0.717) is 30.8 Å². The summed E-state index contributed by atoms with van der Waals surface area (Å²) in [5, 5.41) is 2.92. The summed E-state index contributed by atoms with van der Waals surface area (Å²) in [4.78, 5) is 26.1. The minimum absolute atomic E-state index is 0.0927. The summed E-state index contributed by atoms with van der Waals surface area (Å²) in [5.74, 6) is 0.502. The number of hydrogen-bond donors (Lipinski definition) is 1. The molecule has 0 aliphatic carbocycles. The maximum atomic E-state index is 12.2. The van der Waals surface area contributed by atoms with Crippen LogP contribution in [-0.2, 0) is 11.2 Å². The van der Waals surface area contributed by atoms with Gasteiger partial charge in [0.25, 0.3) is 5.91 Å². The van der Waals surface area contributed by atoms with Crippen LogP contribution < -0.4 is 5.32 Å². The zero-order valence-electron chi connectivity index (χ0n) is 13.1.